The van der Waals surface area contributed by atoms with Gasteiger partial charge in [-0.2, -0.15) is 0 Å². The normalized spacial score (nSPS) is 12.6. The van der Waals surface area contributed by atoms with Crippen molar-refractivity contribution in [2.24, 2.45) is 0 Å². The highest BCUT2D eigenvalue weighted by molar-refractivity contribution is 9.10. The molecule has 0 radical (unpaired) electrons. The minimum absolute atomic E-state index is 0.0303. The maximum absolute atomic E-state index is 11.7. The van der Waals surface area contributed by atoms with Crippen LogP contribution in [0.1, 0.15) is 17.3 Å². The summed E-state index contributed by atoms with van der Waals surface area (Å²) in [6, 6.07) is 5.57. The van der Waals surface area contributed by atoms with Crippen molar-refractivity contribution in [3.05, 3.63) is 28.2 Å². The smallest absolute Gasteiger partial charge is 0.181 e. The summed E-state index contributed by atoms with van der Waals surface area (Å²) in [6.45, 7) is 1.69. The molecule has 1 nitrogen and oxygen atoms in total. The lowest BCUT2D eigenvalue weighted by atomic mass is 10.1. The van der Waals surface area contributed by atoms with Gasteiger partial charge >= 0.3 is 0 Å². The van der Waals surface area contributed by atoms with E-state index in [1.54, 1.807) is 24.8 Å². The number of thioether (sulfide) groups is 1. The van der Waals surface area contributed by atoms with Gasteiger partial charge in [-0.05, 0) is 35.2 Å². The first-order valence-corrected chi connectivity index (χ1v) is 6.54. The Balaban J connectivity index is 3.20. The zero-order valence-corrected chi connectivity index (χ0v) is 11.0. The van der Waals surface area contributed by atoms with E-state index in [0.717, 1.165) is 9.37 Å². The molecule has 0 fully saturated rings. The molecule has 0 bridgehead atoms. The third kappa shape index (κ3) is 2.53. The monoisotopic (exact) mass is 292 g/mol. The van der Waals surface area contributed by atoms with Crippen LogP contribution in [0, 0.1) is 0 Å². The Bertz CT molecular complexity index is 352. The van der Waals surface area contributed by atoms with Crippen molar-refractivity contribution < 1.29 is 4.79 Å². The fraction of sp³-hybridized carbons (Fsp3) is 0.300. The maximum Gasteiger partial charge on any atom is 0.181 e. The highest BCUT2D eigenvalue weighted by atomic mass is 79.9. The predicted molar refractivity (Wildman–Crippen MR) is 65.6 cm³/mol. The summed E-state index contributed by atoms with van der Waals surface area (Å²) in [5, 5.41) is -0.477. The van der Waals surface area contributed by atoms with Gasteiger partial charge in [-0.25, -0.2) is 0 Å². The third-order valence-corrected chi connectivity index (χ3v) is 3.77. The highest BCUT2D eigenvalue weighted by Crippen LogP contribution is 2.30. The summed E-state index contributed by atoms with van der Waals surface area (Å²) in [7, 11) is 0. The quantitative estimate of drug-likeness (QED) is 0.476. The number of carbonyl (C=O) groups is 1. The van der Waals surface area contributed by atoms with E-state index in [0.29, 0.717) is 5.56 Å². The fourth-order valence-electron chi connectivity index (χ4n) is 1.12. The van der Waals surface area contributed by atoms with Crippen molar-refractivity contribution >= 4 is 45.1 Å². The van der Waals surface area contributed by atoms with Crippen LogP contribution in [0.3, 0.4) is 0 Å². The number of halogens is 2. The number of rotatable bonds is 3. The van der Waals surface area contributed by atoms with Gasteiger partial charge in [0.25, 0.3) is 0 Å². The summed E-state index contributed by atoms with van der Waals surface area (Å²) in [4.78, 5) is 12.7. The summed E-state index contributed by atoms with van der Waals surface area (Å²) in [5.41, 5.74) is 0.689. The second-order valence-electron chi connectivity index (χ2n) is 2.80. The topological polar surface area (TPSA) is 17.1 Å². The Morgan fingerprint density at radius 3 is 2.71 bits per heavy atom. The Hall–Kier alpha value is 0.01000. The zero-order valence-electron chi connectivity index (χ0n) is 7.88. The van der Waals surface area contributed by atoms with Crippen molar-refractivity contribution in [1.29, 1.82) is 0 Å². The number of hydrogen-bond acceptors (Lipinski definition) is 2. The molecule has 0 saturated heterocycles. The second-order valence-corrected chi connectivity index (χ2v) is 5.13. The highest BCUT2D eigenvalue weighted by Gasteiger charge is 2.17. The van der Waals surface area contributed by atoms with Crippen LogP contribution in [0.4, 0.5) is 0 Å². The average molecular weight is 294 g/mol. The SMILES string of the molecule is CSc1c(Br)cccc1C(=O)C(C)Cl. The Morgan fingerprint density at radius 2 is 2.21 bits per heavy atom. The van der Waals surface area contributed by atoms with Gasteiger partial charge in [0.05, 0.1) is 5.38 Å². The van der Waals surface area contributed by atoms with Crippen molar-refractivity contribution in [2.45, 2.75) is 17.2 Å². The lowest BCUT2D eigenvalue weighted by Gasteiger charge is -2.09. The lowest BCUT2D eigenvalue weighted by Crippen LogP contribution is -2.11. The summed E-state index contributed by atoms with van der Waals surface area (Å²) >= 11 is 10.7. The number of Topliss-reactive ketones (excluding diaryl/α,β-unsaturated/α-hetero) is 1. The molecule has 1 rings (SSSR count). The predicted octanol–water partition coefficient (Wildman–Crippen LogP) is 3.98. The summed E-state index contributed by atoms with van der Waals surface area (Å²) in [5.74, 6) is -0.0303. The van der Waals surface area contributed by atoms with Gasteiger partial charge in [-0.15, -0.1) is 23.4 Å². The maximum atomic E-state index is 11.7. The number of alkyl halides is 1. The van der Waals surface area contributed by atoms with Crippen molar-refractivity contribution in [1.82, 2.24) is 0 Å². The van der Waals surface area contributed by atoms with E-state index in [-0.39, 0.29) is 5.78 Å². The molecule has 4 heteroatoms. The van der Waals surface area contributed by atoms with E-state index in [1.807, 2.05) is 18.4 Å². The van der Waals surface area contributed by atoms with Crippen LogP contribution in [0.2, 0.25) is 0 Å². The standard InChI is InChI=1S/C10H10BrClOS/c1-6(12)9(13)7-4-3-5-8(11)10(7)14-2/h3-6H,1-2H3. The molecular weight excluding hydrogens is 284 g/mol. The van der Waals surface area contributed by atoms with Crippen LogP contribution in [-0.2, 0) is 0 Å². The van der Waals surface area contributed by atoms with E-state index >= 15 is 0 Å². The molecule has 1 aromatic rings. The second kappa shape index (κ2) is 5.19. The van der Waals surface area contributed by atoms with Gasteiger partial charge in [-0.3, -0.25) is 4.79 Å². The van der Waals surface area contributed by atoms with Gasteiger partial charge in [0.15, 0.2) is 5.78 Å². The van der Waals surface area contributed by atoms with Crippen molar-refractivity contribution in [3.8, 4) is 0 Å². The number of carbonyl (C=O) groups excluding carboxylic acids is 1. The van der Waals surface area contributed by atoms with E-state index in [1.165, 1.54) is 0 Å². The third-order valence-electron chi connectivity index (χ3n) is 1.80. The first-order chi connectivity index (χ1) is 6.57. The largest absolute Gasteiger partial charge is 0.292 e. The molecule has 0 heterocycles. The molecule has 0 saturated carbocycles. The van der Waals surface area contributed by atoms with Crippen LogP contribution in [-0.4, -0.2) is 17.4 Å². The molecule has 0 spiro atoms. The van der Waals surface area contributed by atoms with Crippen molar-refractivity contribution in [2.75, 3.05) is 6.26 Å². The summed E-state index contributed by atoms with van der Waals surface area (Å²) in [6.07, 6.45) is 1.94. The van der Waals surface area contributed by atoms with Crippen LogP contribution in [0.15, 0.2) is 27.6 Å². The molecule has 0 amide bonds. The van der Waals surface area contributed by atoms with E-state index in [9.17, 15) is 4.79 Å². The number of ketones is 1. The Morgan fingerprint density at radius 1 is 1.57 bits per heavy atom. The van der Waals surface area contributed by atoms with E-state index in [2.05, 4.69) is 15.9 Å². The van der Waals surface area contributed by atoms with Crippen molar-refractivity contribution in [3.63, 3.8) is 0 Å². The minimum atomic E-state index is -0.477. The van der Waals surface area contributed by atoms with Crippen LogP contribution >= 0.6 is 39.3 Å². The molecule has 1 unspecified atom stereocenters. The number of hydrogen-bond donors (Lipinski definition) is 0. The molecule has 76 valence electrons. The van der Waals surface area contributed by atoms with E-state index in [4.69, 9.17) is 11.6 Å². The molecule has 1 aromatic carbocycles. The Labute approximate surface area is 101 Å². The first kappa shape index (κ1) is 12.1. The molecule has 1 atom stereocenters. The van der Waals surface area contributed by atoms with Gasteiger partial charge in [0, 0.05) is 14.9 Å². The number of benzene rings is 1. The van der Waals surface area contributed by atoms with Gasteiger partial charge in [0.1, 0.15) is 0 Å². The minimum Gasteiger partial charge on any atom is -0.292 e. The molecule has 14 heavy (non-hydrogen) atoms. The van der Waals surface area contributed by atoms with Crippen LogP contribution in [0.25, 0.3) is 0 Å². The van der Waals surface area contributed by atoms with Crippen LogP contribution in [0.5, 0.6) is 0 Å². The molecule has 0 aliphatic heterocycles. The average Bonchev–Trinajstić information content (AvgIpc) is 2.16. The first-order valence-electron chi connectivity index (χ1n) is 4.08. The molecular formula is C10H10BrClOS. The van der Waals surface area contributed by atoms with Gasteiger partial charge in [0.2, 0.25) is 0 Å². The molecule has 0 aliphatic rings. The summed E-state index contributed by atoms with van der Waals surface area (Å²) < 4.78 is 0.938. The fourth-order valence-corrected chi connectivity index (χ4v) is 2.75. The molecule has 0 aromatic heterocycles. The molecule has 0 aliphatic carbocycles. The zero-order chi connectivity index (χ0) is 10.7. The molecule has 0 N–H and O–H groups in total. The van der Waals surface area contributed by atoms with Gasteiger partial charge in [-0.1, -0.05) is 12.1 Å². The lowest BCUT2D eigenvalue weighted by molar-refractivity contribution is 0.0989. The van der Waals surface area contributed by atoms with E-state index < -0.39 is 5.38 Å². The van der Waals surface area contributed by atoms with Crippen LogP contribution < -0.4 is 0 Å². The van der Waals surface area contributed by atoms with Gasteiger partial charge < -0.3 is 0 Å². The Kier molecular flexibility index (Phi) is 4.48.